The van der Waals surface area contributed by atoms with Crippen LogP contribution in [-0.4, -0.2) is 37.1 Å². The maximum atomic E-state index is 11.1. The monoisotopic (exact) mass is 186 g/mol. The third-order valence-electron chi connectivity index (χ3n) is 2.26. The number of primary amides is 1. The van der Waals surface area contributed by atoms with Gasteiger partial charge < -0.3 is 15.4 Å². The van der Waals surface area contributed by atoms with Crippen molar-refractivity contribution < 1.29 is 14.3 Å². The quantitative estimate of drug-likeness (QED) is 0.624. The Morgan fingerprint density at radius 3 is 2.77 bits per heavy atom. The molecule has 0 aromatic heterocycles. The van der Waals surface area contributed by atoms with Crippen molar-refractivity contribution in [3.05, 3.63) is 0 Å². The SMILES string of the molecule is COC(=O)N1CCC[C@@H](C(N)=O)C1. The van der Waals surface area contributed by atoms with Crippen molar-refractivity contribution in [2.24, 2.45) is 11.7 Å². The van der Waals surface area contributed by atoms with Crippen molar-refractivity contribution in [3.63, 3.8) is 0 Å². The highest BCUT2D eigenvalue weighted by atomic mass is 16.5. The molecular formula is C8H14N2O3. The van der Waals surface area contributed by atoms with E-state index in [-0.39, 0.29) is 17.9 Å². The molecule has 0 saturated carbocycles. The second-order valence-corrected chi connectivity index (χ2v) is 3.16. The Balaban J connectivity index is 2.51. The first-order valence-corrected chi connectivity index (χ1v) is 4.27. The van der Waals surface area contributed by atoms with Gasteiger partial charge in [0.05, 0.1) is 13.0 Å². The van der Waals surface area contributed by atoms with Gasteiger partial charge in [-0.3, -0.25) is 4.79 Å². The van der Waals surface area contributed by atoms with Gasteiger partial charge in [0.15, 0.2) is 0 Å². The third kappa shape index (κ3) is 2.34. The number of hydrogen-bond acceptors (Lipinski definition) is 3. The maximum Gasteiger partial charge on any atom is 0.409 e. The number of nitrogens with two attached hydrogens (primary N) is 1. The standard InChI is InChI=1S/C8H14N2O3/c1-13-8(12)10-4-2-3-6(5-10)7(9)11/h6H,2-5H2,1H3,(H2,9,11)/t6-/m1/s1. The lowest BCUT2D eigenvalue weighted by Crippen LogP contribution is -2.44. The molecule has 0 spiro atoms. The van der Waals surface area contributed by atoms with Gasteiger partial charge in [0.1, 0.15) is 0 Å². The van der Waals surface area contributed by atoms with Crippen molar-refractivity contribution >= 4 is 12.0 Å². The van der Waals surface area contributed by atoms with E-state index in [4.69, 9.17) is 5.73 Å². The molecule has 1 saturated heterocycles. The van der Waals surface area contributed by atoms with Crippen LogP contribution in [0.15, 0.2) is 0 Å². The van der Waals surface area contributed by atoms with Crippen molar-refractivity contribution in [2.45, 2.75) is 12.8 Å². The Morgan fingerprint density at radius 2 is 2.23 bits per heavy atom. The van der Waals surface area contributed by atoms with Crippen LogP contribution in [0.1, 0.15) is 12.8 Å². The van der Waals surface area contributed by atoms with E-state index in [0.29, 0.717) is 13.1 Å². The van der Waals surface area contributed by atoms with E-state index in [1.54, 1.807) is 0 Å². The van der Waals surface area contributed by atoms with Crippen LogP contribution >= 0.6 is 0 Å². The highest BCUT2D eigenvalue weighted by molar-refractivity contribution is 5.78. The van der Waals surface area contributed by atoms with Gasteiger partial charge in [0, 0.05) is 13.1 Å². The molecule has 5 nitrogen and oxygen atoms in total. The lowest BCUT2D eigenvalue weighted by Gasteiger charge is -2.29. The molecule has 0 bridgehead atoms. The molecule has 2 amide bonds. The normalized spacial score (nSPS) is 22.5. The minimum absolute atomic E-state index is 0.215. The van der Waals surface area contributed by atoms with Gasteiger partial charge >= 0.3 is 6.09 Å². The number of carbonyl (C=O) groups excluding carboxylic acids is 2. The van der Waals surface area contributed by atoms with E-state index in [2.05, 4.69) is 4.74 Å². The summed E-state index contributed by atoms with van der Waals surface area (Å²) in [5.41, 5.74) is 5.15. The summed E-state index contributed by atoms with van der Waals surface area (Å²) in [4.78, 5) is 23.5. The zero-order valence-corrected chi connectivity index (χ0v) is 7.66. The molecule has 1 aliphatic rings. The van der Waals surface area contributed by atoms with Crippen LogP contribution in [0, 0.1) is 5.92 Å². The van der Waals surface area contributed by atoms with E-state index in [9.17, 15) is 9.59 Å². The number of rotatable bonds is 1. The molecule has 1 rings (SSSR count). The topological polar surface area (TPSA) is 72.6 Å². The van der Waals surface area contributed by atoms with E-state index >= 15 is 0 Å². The molecule has 1 heterocycles. The Hall–Kier alpha value is -1.26. The van der Waals surface area contributed by atoms with Crippen molar-refractivity contribution in [1.29, 1.82) is 0 Å². The van der Waals surface area contributed by atoms with Crippen molar-refractivity contribution in [2.75, 3.05) is 20.2 Å². The van der Waals surface area contributed by atoms with Gasteiger partial charge in [-0.2, -0.15) is 0 Å². The Labute approximate surface area is 76.8 Å². The molecule has 0 unspecified atom stereocenters. The zero-order chi connectivity index (χ0) is 9.84. The fourth-order valence-corrected chi connectivity index (χ4v) is 1.50. The Morgan fingerprint density at radius 1 is 1.54 bits per heavy atom. The van der Waals surface area contributed by atoms with Gasteiger partial charge in [-0.05, 0) is 12.8 Å². The lowest BCUT2D eigenvalue weighted by molar-refractivity contribution is -0.123. The highest BCUT2D eigenvalue weighted by Crippen LogP contribution is 2.16. The van der Waals surface area contributed by atoms with Crippen molar-refractivity contribution in [1.82, 2.24) is 4.90 Å². The Bertz CT molecular complexity index is 217. The summed E-state index contributed by atoms with van der Waals surface area (Å²) in [6, 6.07) is 0. The number of amides is 2. The molecule has 5 heteroatoms. The smallest absolute Gasteiger partial charge is 0.409 e. The summed E-state index contributed by atoms with van der Waals surface area (Å²) >= 11 is 0. The van der Waals surface area contributed by atoms with Crippen LogP contribution < -0.4 is 5.73 Å². The molecule has 0 aliphatic carbocycles. The third-order valence-corrected chi connectivity index (χ3v) is 2.26. The van der Waals surface area contributed by atoms with Gasteiger partial charge in [0.25, 0.3) is 0 Å². The number of hydrogen-bond donors (Lipinski definition) is 1. The lowest BCUT2D eigenvalue weighted by atomic mass is 9.98. The van der Waals surface area contributed by atoms with Crippen LogP contribution in [0.2, 0.25) is 0 Å². The molecule has 0 radical (unpaired) electrons. The number of nitrogens with zero attached hydrogens (tertiary/aromatic N) is 1. The summed E-state index contributed by atoms with van der Waals surface area (Å²) in [7, 11) is 1.33. The van der Waals surface area contributed by atoms with Crippen LogP contribution in [0.4, 0.5) is 4.79 Å². The molecule has 2 N–H and O–H groups in total. The highest BCUT2D eigenvalue weighted by Gasteiger charge is 2.27. The largest absolute Gasteiger partial charge is 0.453 e. The van der Waals surface area contributed by atoms with Crippen LogP contribution in [0.25, 0.3) is 0 Å². The first kappa shape index (κ1) is 9.83. The second-order valence-electron chi connectivity index (χ2n) is 3.16. The molecule has 1 atom stereocenters. The van der Waals surface area contributed by atoms with Gasteiger partial charge in [-0.25, -0.2) is 4.79 Å². The van der Waals surface area contributed by atoms with Crippen LogP contribution in [0.5, 0.6) is 0 Å². The predicted octanol–water partition coefficient (Wildman–Crippen LogP) is -0.0499. The van der Waals surface area contributed by atoms with Crippen LogP contribution in [-0.2, 0) is 9.53 Å². The number of ether oxygens (including phenoxy) is 1. The molecule has 13 heavy (non-hydrogen) atoms. The minimum Gasteiger partial charge on any atom is -0.453 e. The predicted molar refractivity (Wildman–Crippen MR) is 45.9 cm³/mol. The fraction of sp³-hybridized carbons (Fsp3) is 0.750. The summed E-state index contributed by atoms with van der Waals surface area (Å²) in [5, 5.41) is 0. The molecule has 0 aromatic carbocycles. The number of methoxy groups -OCH3 is 1. The average Bonchev–Trinajstić information content (AvgIpc) is 2.17. The molecule has 0 aromatic rings. The van der Waals surface area contributed by atoms with E-state index in [0.717, 1.165) is 12.8 Å². The minimum atomic E-state index is -0.383. The maximum absolute atomic E-state index is 11.1. The Kier molecular flexibility index (Phi) is 3.11. The number of carbonyl (C=O) groups is 2. The van der Waals surface area contributed by atoms with Gasteiger partial charge in [-0.1, -0.05) is 0 Å². The van der Waals surface area contributed by atoms with E-state index in [1.165, 1.54) is 12.0 Å². The summed E-state index contributed by atoms with van der Waals surface area (Å²) in [5.74, 6) is -0.554. The molecule has 1 aliphatic heterocycles. The fourth-order valence-electron chi connectivity index (χ4n) is 1.50. The summed E-state index contributed by atoms with van der Waals surface area (Å²) in [6.07, 6.45) is 1.19. The number of piperidine rings is 1. The zero-order valence-electron chi connectivity index (χ0n) is 7.66. The second kappa shape index (κ2) is 4.11. The van der Waals surface area contributed by atoms with Gasteiger partial charge in [0.2, 0.25) is 5.91 Å². The number of likely N-dealkylation sites (tertiary alicyclic amines) is 1. The first-order valence-electron chi connectivity index (χ1n) is 4.27. The molecular weight excluding hydrogens is 172 g/mol. The molecule has 74 valence electrons. The molecule has 1 fully saturated rings. The average molecular weight is 186 g/mol. The van der Waals surface area contributed by atoms with Crippen molar-refractivity contribution in [3.8, 4) is 0 Å². The van der Waals surface area contributed by atoms with Gasteiger partial charge in [-0.15, -0.1) is 0 Å². The van der Waals surface area contributed by atoms with E-state index < -0.39 is 0 Å². The summed E-state index contributed by atoms with van der Waals surface area (Å²) < 4.78 is 4.55. The van der Waals surface area contributed by atoms with Crippen LogP contribution in [0.3, 0.4) is 0 Å². The van der Waals surface area contributed by atoms with E-state index in [1.807, 2.05) is 0 Å². The first-order chi connectivity index (χ1) is 6.15. The summed E-state index contributed by atoms with van der Waals surface area (Å²) in [6.45, 7) is 1.04.